The van der Waals surface area contributed by atoms with Gasteiger partial charge in [0.15, 0.2) is 0 Å². The van der Waals surface area contributed by atoms with Crippen molar-refractivity contribution in [3.05, 3.63) is 68.7 Å². The summed E-state index contributed by atoms with van der Waals surface area (Å²) in [5.74, 6) is -1.88. The van der Waals surface area contributed by atoms with Crippen LogP contribution in [-0.2, 0) is 25.6 Å². The second kappa shape index (κ2) is 11.6. The molecule has 0 aliphatic carbocycles. The zero-order valence-electron chi connectivity index (χ0n) is 23.0. The molecule has 0 radical (unpaired) electrons. The standard InChI is InChI=1S/C29H36Cl2N2O5/c1-28(2,3)37-25(34)14-24(27(36)38-29(4,5)6)32-26(35)18-10-8-9-17(11-18)21-15-33(7)16-22-20(21)12-19(30)13-23(22)31/h8-13,21,24H,14-16H2,1-7H3,(H,32,35)/t21?,24-/m0/s1. The molecule has 2 aromatic rings. The molecule has 1 heterocycles. The van der Waals surface area contributed by atoms with Crippen molar-refractivity contribution >= 4 is 41.0 Å². The highest BCUT2D eigenvalue weighted by atomic mass is 35.5. The normalized spacial score (nSPS) is 16.8. The number of likely N-dealkylation sites (N-methyl/N-ethyl adjacent to an activating group) is 1. The first kappa shape index (κ1) is 29.9. The van der Waals surface area contributed by atoms with Gasteiger partial charge in [-0.15, -0.1) is 0 Å². The maximum atomic E-state index is 13.3. The molecule has 0 bridgehead atoms. The summed E-state index contributed by atoms with van der Waals surface area (Å²) < 4.78 is 10.8. The van der Waals surface area contributed by atoms with E-state index in [1.54, 1.807) is 65.8 Å². The van der Waals surface area contributed by atoms with Crippen LogP contribution in [0, 0.1) is 0 Å². The molecule has 0 fully saturated rings. The molecule has 2 atom stereocenters. The SMILES string of the molecule is CN1Cc2c(Cl)cc(Cl)cc2C(c2cccc(C(=O)N[C@@H](CC(=O)OC(C)(C)C)C(=O)OC(C)(C)C)c2)C1. The molecule has 1 amide bonds. The summed E-state index contributed by atoms with van der Waals surface area (Å²) in [6.45, 7) is 11.8. The number of ether oxygens (including phenoxy) is 2. The second-order valence-electron chi connectivity index (χ2n) is 11.7. The Hall–Kier alpha value is -2.61. The van der Waals surface area contributed by atoms with Crippen LogP contribution in [0.15, 0.2) is 36.4 Å². The molecule has 0 saturated heterocycles. The number of halogens is 2. The van der Waals surface area contributed by atoms with Gasteiger partial charge in [-0.25, -0.2) is 4.79 Å². The molecule has 206 valence electrons. The average molecular weight is 564 g/mol. The first-order valence-corrected chi connectivity index (χ1v) is 13.3. The van der Waals surface area contributed by atoms with Gasteiger partial charge >= 0.3 is 11.9 Å². The van der Waals surface area contributed by atoms with Crippen LogP contribution in [0.1, 0.15) is 80.9 Å². The lowest BCUT2D eigenvalue weighted by atomic mass is 9.84. The molecule has 1 aliphatic heterocycles. The number of hydrogen-bond acceptors (Lipinski definition) is 6. The molecule has 0 saturated carbocycles. The molecule has 1 unspecified atom stereocenters. The van der Waals surface area contributed by atoms with Gasteiger partial charge in [0.2, 0.25) is 0 Å². The fourth-order valence-electron chi connectivity index (χ4n) is 4.38. The van der Waals surface area contributed by atoms with E-state index in [-0.39, 0.29) is 12.3 Å². The van der Waals surface area contributed by atoms with E-state index in [0.717, 1.165) is 16.7 Å². The van der Waals surface area contributed by atoms with Crippen LogP contribution in [0.2, 0.25) is 10.0 Å². The van der Waals surface area contributed by atoms with Crippen LogP contribution >= 0.6 is 23.2 Å². The lowest BCUT2D eigenvalue weighted by Crippen LogP contribution is -2.46. The Balaban J connectivity index is 1.88. The van der Waals surface area contributed by atoms with Gasteiger partial charge in [0, 0.05) is 34.6 Å². The number of hydrogen-bond donors (Lipinski definition) is 1. The maximum absolute atomic E-state index is 13.3. The quantitative estimate of drug-likeness (QED) is 0.451. The average Bonchev–Trinajstić information content (AvgIpc) is 2.76. The van der Waals surface area contributed by atoms with E-state index in [1.165, 1.54) is 0 Å². The fourth-order valence-corrected chi connectivity index (χ4v) is 4.95. The Bertz CT molecular complexity index is 1220. The van der Waals surface area contributed by atoms with Crippen molar-refractivity contribution < 1.29 is 23.9 Å². The number of esters is 2. The summed E-state index contributed by atoms with van der Waals surface area (Å²) >= 11 is 12.8. The molecule has 9 heteroatoms. The van der Waals surface area contributed by atoms with Gasteiger partial charge in [0.05, 0.1) is 6.42 Å². The molecular formula is C29H36Cl2N2O5. The van der Waals surface area contributed by atoms with Crippen molar-refractivity contribution in [1.29, 1.82) is 0 Å². The predicted octanol–water partition coefficient (Wildman–Crippen LogP) is 5.74. The van der Waals surface area contributed by atoms with Crippen molar-refractivity contribution in [2.45, 2.75) is 77.7 Å². The van der Waals surface area contributed by atoms with Gasteiger partial charge in [-0.05, 0) is 89.5 Å². The Morgan fingerprint density at radius 3 is 2.32 bits per heavy atom. The number of fused-ring (bicyclic) bond motifs is 1. The third kappa shape index (κ3) is 8.19. The predicted molar refractivity (Wildman–Crippen MR) is 149 cm³/mol. The smallest absolute Gasteiger partial charge is 0.329 e. The van der Waals surface area contributed by atoms with Crippen LogP contribution in [0.3, 0.4) is 0 Å². The summed E-state index contributed by atoms with van der Waals surface area (Å²) in [6.07, 6.45) is -0.352. The number of amides is 1. The molecule has 38 heavy (non-hydrogen) atoms. The number of carbonyl (C=O) groups is 3. The number of carbonyl (C=O) groups excluding carboxylic acids is 3. The van der Waals surface area contributed by atoms with Crippen molar-refractivity contribution in [2.75, 3.05) is 13.6 Å². The van der Waals surface area contributed by atoms with E-state index >= 15 is 0 Å². The first-order chi connectivity index (χ1) is 17.5. The third-order valence-electron chi connectivity index (χ3n) is 5.83. The van der Waals surface area contributed by atoms with Gasteiger partial charge in [-0.2, -0.15) is 0 Å². The molecule has 7 nitrogen and oxygen atoms in total. The lowest BCUT2D eigenvalue weighted by molar-refractivity contribution is -0.164. The highest BCUT2D eigenvalue weighted by molar-refractivity contribution is 6.35. The molecular weight excluding hydrogens is 527 g/mol. The number of rotatable bonds is 6. The lowest BCUT2D eigenvalue weighted by Gasteiger charge is -2.33. The third-order valence-corrected chi connectivity index (χ3v) is 6.39. The maximum Gasteiger partial charge on any atom is 0.329 e. The molecule has 1 N–H and O–H groups in total. The van der Waals surface area contributed by atoms with Crippen LogP contribution in [0.25, 0.3) is 0 Å². The Morgan fingerprint density at radius 2 is 1.68 bits per heavy atom. The summed E-state index contributed by atoms with van der Waals surface area (Å²) in [5, 5.41) is 3.85. The van der Waals surface area contributed by atoms with Crippen LogP contribution in [0.4, 0.5) is 0 Å². The minimum atomic E-state index is -1.21. The van der Waals surface area contributed by atoms with Crippen molar-refractivity contribution in [2.24, 2.45) is 0 Å². The molecule has 0 aromatic heterocycles. The van der Waals surface area contributed by atoms with Gasteiger partial charge in [0.25, 0.3) is 5.91 Å². The Labute approximate surface area is 234 Å². The monoisotopic (exact) mass is 562 g/mol. The van der Waals surface area contributed by atoms with E-state index in [0.29, 0.717) is 28.7 Å². The summed E-state index contributed by atoms with van der Waals surface area (Å²) in [6, 6.07) is 9.65. The number of benzene rings is 2. The number of nitrogens with one attached hydrogen (secondary N) is 1. The van der Waals surface area contributed by atoms with E-state index in [2.05, 4.69) is 10.2 Å². The summed E-state index contributed by atoms with van der Waals surface area (Å²) in [7, 11) is 2.01. The Kier molecular flexibility index (Phi) is 9.17. The minimum Gasteiger partial charge on any atom is -0.460 e. The zero-order chi connectivity index (χ0) is 28.4. The van der Waals surface area contributed by atoms with E-state index in [1.807, 2.05) is 19.2 Å². The van der Waals surface area contributed by atoms with Gasteiger partial charge in [0.1, 0.15) is 17.2 Å². The summed E-state index contributed by atoms with van der Waals surface area (Å²) in [4.78, 5) is 40.9. The largest absolute Gasteiger partial charge is 0.460 e. The Morgan fingerprint density at radius 1 is 1.03 bits per heavy atom. The molecule has 2 aromatic carbocycles. The first-order valence-electron chi connectivity index (χ1n) is 12.5. The van der Waals surface area contributed by atoms with E-state index in [4.69, 9.17) is 32.7 Å². The summed E-state index contributed by atoms with van der Waals surface area (Å²) in [5.41, 5.74) is 1.76. The van der Waals surface area contributed by atoms with Gasteiger partial charge in [-0.1, -0.05) is 35.3 Å². The zero-order valence-corrected chi connectivity index (χ0v) is 24.5. The molecule has 3 rings (SSSR count). The number of nitrogens with zero attached hydrogens (tertiary/aromatic N) is 1. The molecule has 0 spiro atoms. The topological polar surface area (TPSA) is 84.9 Å². The van der Waals surface area contributed by atoms with Gasteiger partial charge < -0.3 is 19.7 Å². The van der Waals surface area contributed by atoms with Crippen LogP contribution in [0.5, 0.6) is 0 Å². The second-order valence-corrected chi connectivity index (χ2v) is 12.5. The van der Waals surface area contributed by atoms with Crippen LogP contribution in [-0.4, -0.2) is 53.6 Å². The van der Waals surface area contributed by atoms with Crippen molar-refractivity contribution in [1.82, 2.24) is 10.2 Å². The van der Waals surface area contributed by atoms with Gasteiger partial charge in [-0.3, -0.25) is 9.59 Å². The molecule has 1 aliphatic rings. The van der Waals surface area contributed by atoms with Crippen LogP contribution < -0.4 is 5.32 Å². The van der Waals surface area contributed by atoms with Crippen molar-refractivity contribution in [3.8, 4) is 0 Å². The van der Waals surface area contributed by atoms with Crippen molar-refractivity contribution in [3.63, 3.8) is 0 Å². The minimum absolute atomic E-state index is 0.0592. The fraction of sp³-hybridized carbons (Fsp3) is 0.483. The van der Waals surface area contributed by atoms with E-state index < -0.39 is 35.1 Å². The highest BCUT2D eigenvalue weighted by Gasteiger charge is 2.32. The highest BCUT2D eigenvalue weighted by Crippen LogP contribution is 2.38. The van der Waals surface area contributed by atoms with E-state index in [9.17, 15) is 14.4 Å².